The molecule has 0 aromatic heterocycles. The van der Waals surface area contributed by atoms with E-state index in [-0.39, 0.29) is 10.6 Å². The second-order valence-electron chi connectivity index (χ2n) is 3.61. The third kappa shape index (κ3) is 2.44. The Labute approximate surface area is 87.8 Å². The van der Waals surface area contributed by atoms with Gasteiger partial charge >= 0.3 is 0 Å². The molecular formula is C10H13N3O2. The molecule has 0 aliphatic carbocycles. The molecule has 1 aromatic rings. The first-order chi connectivity index (χ1) is 7.25. The number of nitrogens with one attached hydrogen (secondary N) is 1. The molecule has 5 nitrogen and oxygen atoms in total. The lowest BCUT2D eigenvalue weighted by molar-refractivity contribution is -0.384. The van der Waals surface area contributed by atoms with Gasteiger partial charge in [0.2, 0.25) is 0 Å². The third-order valence-corrected chi connectivity index (χ3v) is 2.45. The molecule has 80 valence electrons. The van der Waals surface area contributed by atoms with Crippen LogP contribution in [0.25, 0.3) is 0 Å². The molecule has 1 aliphatic rings. The molecule has 0 spiro atoms. The van der Waals surface area contributed by atoms with Crippen LogP contribution in [0.1, 0.15) is 12.8 Å². The van der Waals surface area contributed by atoms with Gasteiger partial charge in [-0.05, 0) is 18.9 Å². The number of non-ortho nitro benzene ring substituents is 1. The predicted molar refractivity (Wildman–Crippen MR) is 57.5 cm³/mol. The Morgan fingerprint density at radius 1 is 1.33 bits per heavy atom. The quantitative estimate of drug-likeness (QED) is 0.608. The van der Waals surface area contributed by atoms with E-state index in [9.17, 15) is 10.1 Å². The normalized spacial score (nSPS) is 16.5. The molecule has 1 aromatic carbocycles. The Morgan fingerprint density at radius 3 is 2.73 bits per heavy atom. The van der Waals surface area contributed by atoms with Crippen molar-refractivity contribution in [1.29, 1.82) is 0 Å². The maximum Gasteiger partial charge on any atom is 0.271 e. The van der Waals surface area contributed by atoms with Gasteiger partial charge in [-0.1, -0.05) is 6.07 Å². The molecule has 1 N–H and O–H groups in total. The van der Waals surface area contributed by atoms with Crippen molar-refractivity contribution in [3.05, 3.63) is 34.4 Å². The number of nitro groups is 1. The van der Waals surface area contributed by atoms with Crippen molar-refractivity contribution in [2.75, 3.05) is 18.5 Å². The van der Waals surface area contributed by atoms with Crippen molar-refractivity contribution in [2.45, 2.75) is 12.8 Å². The number of hydrogen-bond acceptors (Lipinski definition) is 4. The van der Waals surface area contributed by atoms with E-state index in [1.807, 2.05) is 6.07 Å². The molecule has 0 atom stereocenters. The first kappa shape index (κ1) is 9.92. The fourth-order valence-corrected chi connectivity index (χ4v) is 1.70. The molecular weight excluding hydrogens is 194 g/mol. The lowest BCUT2D eigenvalue weighted by Gasteiger charge is -2.17. The summed E-state index contributed by atoms with van der Waals surface area (Å²) in [5.74, 6) is 0. The summed E-state index contributed by atoms with van der Waals surface area (Å²) in [5.41, 5.74) is 4.07. The van der Waals surface area contributed by atoms with Crippen LogP contribution < -0.4 is 5.43 Å². The van der Waals surface area contributed by atoms with Crippen molar-refractivity contribution >= 4 is 11.4 Å². The Morgan fingerprint density at radius 2 is 2.07 bits per heavy atom. The lowest BCUT2D eigenvalue weighted by Crippen LogP contribution is -2.26. The van der Waals surface area contributed by atoms with E-state index in [1.165, 1.54) is 18.9 Å². The summed E-state index contributed by atoms with van der Waals surface area (Å²) in [6.45, 7) is 2.01. The van der Waals surface area contributed by atoms with E-state index < -0.39 is 0 Å². The molecule has 2 rings (SSSR count). The summed E-state index contributed by atoms with van der Waals surface area (Å²) in [7, 11) is 0. The minimum Gasteiger partial charge on any atom is -0.319 e. The molecule has 0 amide bonds. The maximum absolute atomic E-state index is 10.6. The highest BCUT2D eigenvalue weighted by Gasteiger charge is 2.12. The highest BCUT2D eigenvalue weighted by Crippen LogP contribution is 2.18. The van der Waals surface area contributed by atoms with Crippen LogP contribution in [0.3, 0.4) is 0 Å². The zero-order chi connectivity index (χ0) is 10.7. The summed E-state index contributed by atoms with van der Waals surface area (Å²) >= 11 is 0. The fourth-order valence-electron chi connectivity index (χ4n) is 1.70. The van der Waals surface area contributed by atoms with Crippen LogP contribution in [0, 0.1) is 10.1 Å². The number of hydrogen-bond donors (Lipinski definition) is 1. The largest absolute Gasteiger partial charge is 0.319 e. The summed E-state index contributed by atoms with van der Waals surface area (Å²) in [6.07, 6.45) is 2.36. The number of nitro benzene ring substituents is 1. The van der Waals surface area contributed by atoms with Gasteiger partial charge in [-0.25, -0.2) is 5.01 Å². The predicted octanol–water partition coefficient (Wildman–Crippen LogP) is 2.02. The van der Waals surface area contributed by atoms with Gasteiger partial charge in [-0.2, -0.15) is 0 Å². The van der Waals surface area contributed by atoms with E-state index >= 15 is 0 Å². The topological polar surface area (TPSA) is 58.4 Å². The van der Waals surface area contributed by atoms with Gasteiger partial charge in [-0.3, -0.25) is 10.1 Å². The Hall–Kier alpha value is -1.62. The van der Waals surface area contributed by atoms with E-state index in [1.54, 1.807) is 12.1 Å². The number of hydrazine groups is 1. The van der Waals surface area contributed by atoms with Crippen LogP contribution in [0.2, 0.25) is 0 Å². The summed E-state index contributed by atoms with van der Waals surface area (Å²) in [5, 5.41) is 12.6. The zero-order valence-electron chi connectivity index (χ0n) is 8.35. The molecule has 0 radical (unpaired) electrons. The monoisotopic (exact) mass is 207 g/mol. The second-order valence-corrected chi connectivity index (χ2v) is 3.61. The van der Waals surface area contributed by atoms with Crippen molar-refractivity contribution in [1.82, 2.24) is 5.01 Å². The Kier molecular flexibility index (Phi) is 2.82. The van der Waals surface area contributed by atoms with Gasteiger partial charge in [0.15, 0.2) is 0 Å². The molecule has 1 saturated heterocycles. The van der Waals surface area contributed by atoms with Gasteiger partial charge in [0.1, 0.15) is 0 Å². The summed E-state index contributed by atoms with van der Waals surface area (Å²) in [4.78, 5) is 10.2. The Bertz CT molecular complexity index is 361. The van der Waals surface area contributed by atoms with Crippen LogP contribution in [-0.4, -0.2) is 23.0 Å². The first-order valence-electron chi connectivity index (χ1n) is 5.02. The standard InChI is InChI=1S/C10H13N3O2/c14-13(15)10-5-3-4-9(8-10)11-12-6-1-2-7-12/h3-5,8,11H,1-2,6-7H2. The maximum atomic E-state index is 10.6. The molecule has 0 bridgehead atoms. The fraction of sp³-hybridized carbons (Fsp3) is 0.400. The van der Waals surface area contributed by atoms with Gasteiger partial charge in [0, 0.05) is 25.2 Å². The zero-order valence-corrected chi connectivity index (χ0v) is 8.35. The average Bonchev–Trinajstić information content (AvgIpc) is 2.71. The minimum absolute atomic E-state index is 0.124. The highest BCUT2D eigenvalue weighted by molar-refractivity contribution is 5.50. The van der Waals surface area contributed by atoms with Crippen LogP contribution >= 0.6 is 0 Å². The van der Waals surface area contributed by atoms with Crippen molar-refractivity contribution in [2.24, 2.45) is 0 Å². The third-order valence-electron chi connectivity index (χ3n) is 2.45. The number of rotatable bonds is 3. The van der Waals surface area contributed by atoms with Crippen LogP contribution in [0.15, 0.2) is 24.3 Å². The SMILES string of the molecule is O=[N+]([O-])c1cccc(NN2CCCC2)c1. The minimum atomic E-state index is -0.380. The van der Waals surface area contributed by atoms with E-state index in [2.05, 4.69) is 10.4 Å². The van der Waals surface area contributed by atoms with Gasteiger partial charge < -0.3 is 5.43 Å². The van der Waals surface area contributed by atoms with Crippen LogP contribution in [-0.2, 0) is 0 Å². The second kappa shape index (κ2) is 4.27. The van der Waals surface area contributed by atoms with Crippen LogP contribution in [0.4, 0.5) is 11.4 Å². The van der Waals surface area contributed by atoms with E-state index in [0.29, 0.717) is 0 Å². The van der Waals surface area contributed by atoms with Crippen molar-refractivity contribution < 1.29 is 4.92 Å². The van der Waals surface area contributed by atoms with E-state index in [4.69, 9.17) is 0 Å². The van der Waals surface area contributed by atoms with Gasteiger partial charge in [0.05, 0.1) is 10.6 Å². The number of anilines is 1. The highest BCUT2D eigenvalue weighted by atomic mass is 16.6. The number of nitrogens with zero attached hydrogens (tertiary/aromatic N) is 2. The lowest BCUT2D eigenvalue weighted by atomic mass is 10.3. The van der Waals surface area contributed by atoms with Gasteiger partial charge in [0.25, 0.3) is 5.69 Å². The van der Waals surface area contributed by atoms with Crippen molar-refractivity contribution in [3.63, 3.8) is 0 Å². The van der Waals surface area contributed by atoms with Crippen LogP contribution in [0.5, 0.6) is 0 Å². The summed E-state index contributed by atoms with van der Waals surface area (Å²) < 4.78 is 0. The van der Waals surface area contributed by atoms with E-state index in [0.717, 1.165) is 18.8 Å². The number of benzene rings is 1. The molecule has 1 heterocycles. The van der Waals surface area contributed by atoms with Crippen molar-refractivity contribution in [3.8, 4) is 0 Å². The first-order valence-corrected chi connectivity index (χ1v) is 5.02. The smallest absolute Gasteiger partial charge is 0.271 e. The molecule has 0 saturated carbocycles. The summed E-state index contributed by atoms with van der Waals surface area (Å²) in [6, 6.07) is 6.58. The Balaban J connectivity index is 2.07. The average molecular weight is 207 g/mol. The molecule has 1 fully saturated rings. The van der Waals surface area contributed by atoms with Gasteiger partial charge in [-0.15, -0.1) is 0 Å². The molecule has 0 unspecified atom stereocenters. The molecule has 15 heavy (non-hydrogen) atoms. The molecule has 1 aliphatic heterocycles. The molecule has 5 heteroatoms.